The lowest BCUT2D eigenvalue weighted by atomic mass is 10.2. The van der Waals surface area contributed by atoms with E-state index in [1.165, 1.54) is 13.3 Å². The highest BCUT2D eigenvalue weighted by molar-refractivity contribution is 9.10. The fourth-order valence-corrected chi connectivity index (χ4v) is 2.10. The summed E-state index contributed by atoms with van der Waals surface area (Å²) in [6.45, 7) is 0. The van der Waals surface area contributed by atoms with E-state index in [1.54, 1.807) is 0 Å². The predicted molar refractivity (Wildman–Crippen MR) is 58.1 cm³/mol. The van der Waals surface area contributed by atoms with Gasteiger partial charge in [0.05, 0.1) is 11.6 Å². The first kappa shape index (κ1) is 10.4. The molecule has 1 heterocycles. The van der Waals surface area contributed by atoms with Crippen LogP contribution in [0.25, 0.3) is 0 Å². The Bertz CT molecular complexity index is 462. The van der Waals surface area contributed by atoms with Crippen LogP contribution in [0.1, 0.15) is 34.8 Å². The molecule has 0 aliphatic heterocycles. The average molecular weight is 272 g/mol. The van der Waals surface area contributed by atoms with Crippen LogP contribution in [-0.2, 0) is 4.74 Å². The molecule has 0 spiro atoms. The number of nitrogens with one attached hydrogen (secondary N) is 1. The molecule has 1 aromatic heterocycles. The summed E-state index contributed by atoms with van der Waals surface area (Å²) in [5.41, 5.74) is 0.615. The second-order valence-corrected chi connectivity index (χ2v) is 4.32. The van der Waals surface area contributed by atoms with Gasteiger partial charge in [-0.25, -0.2) is 4.79 Å². The summed E-state index contributed by atoms with van der Waals surface area (Å²) in [4.78, 5) is 26.0. The number of H-pyrrole nitrogens is 1. The Balaban J connectivity index is 2.48. The van der Waals surface area contributed by atoms with Crippen molar-refractivity contribution >= 4 is 21.9 Å². The van der Waals surface area contributed by atoms with Crippen molar-refractivity contribution in [3.05, 3.63) is 32.2 Å². The van der Waals surface area contributed by atoms with Crippen LogP contribution in [0.3, 0.4) is 0 Å². The third-order valence-electron chi connectivity index (χ3n) is 2.44. The third kappa shape index (κ3) is 1.84. The minimum atomic E-state index is -0.612. The minimum Gasteiger partial charge on any atom is -0.465 e. The van der Waals surface area contributed by atoms with E-state index in [4.69, 9.17) is 0 Å². The summed E-state index contributed by atoms with van der Waals surface area (Å²) in [6, 6.07) is 0. The van der Waals surface area contributed by atoms with Crippen molar-refractivity contribution < 1.29 is 9.53 Å². The highest BCUT2D eigenvalue weighted by Gasteiger charge is 2.28. The first-order valence-corrected chi connectivity index (χ1v) is 5.44. The van der Waals surface area contributed by atoms with E-state index in [1.807, 2.05) is 0 Å². The molecule has 1 fully saturated rings. The second kappa shape index (κ2) is 3.81. The summed E-state index contributed by atoms with van der Waals surface area (Å²) in [5.74, 6) is -0.182. The van der Waals surface area contributed by atoms with Gasteiger partial charge in [-0.05, 0) is 28.8 Å². The Morgan fingerprint density at radius 3 is 2.80 bits per heavy atom. The summed E-state index contributed by atoms with van der Waals surface area (Å²) in [6.07, 6.45) is 3.60. The number of carbonyl (C=O) groups is 1. The lowest BCUT2D eigenvalue weighted by Crippen LogP contribution is -2.19. The fourth-order valence-electron chi connectivity index (χ4n) is 1.45. The van der Waals surface area contributed by atoms with Crippen molar-refractivity contribution in [3.8, 4) is 0 Å². The highest BCUT2D eigenvalue weighted by Crippen LogP contribution is 2.41. The molecule has 1 aliphatic rings. The zero-order valence-electron chi connectivity index (χ0n) is 8.17. The number of hydrogen-bond donors (Lipinski definition) is 1. The molecule has 0 bridgehead atoms. The van der Waals surface area contributed by atoms with Crippen LogP contribution in [0.4, 0.5) is 0 Å². The number of methoxy groups -OCH3 is 1. The van der Waals surface area contributed by atoms with Crippen molar-refractivity contribution in [1.82, 2.24) is 4.98 Å². The molecule has 1 N–H and O–H groups in total. The molecule has 1 saturated carbocycles. The fraction of sp³-hybridized carbons (Fsp3) is 0.400. The molecule has 15 heavy (non-hydrogen) atoms. The van der Waals surface area contributed by atoms with Gasteiger partial charge in [-0.1, -0.05) is 0 Å². The van der Waals surface area contributed by atoms with Crippen LogP contribution >= 0.6 is 15.9 Å². The van der Waals surface area contributed by atoms with Gasteiger partial charge in [-0.15, -0.1) is 0 Å². The smallest absolute Gasteiger partial charge is 0.343 e. The number of aromatic nitrogens is 1. The number of carbonyl (C=O) groups excluding carboxylic acids is 1. The Kier molecular flexibility index (Phi) is 2.65. The van der Waals surface area contributed by atoms with Gasteiger partial charge >= 0.3 is 5.97 Å². The van der Waals surface area contributed by atoms with Crippen molar-refractivity contribution in [2.45, 2.75) is 18.8 Å². The SMILES string of the molecule is COC(=O)c1c[nH]c(C2CC2)c(Br)c1=O. The molecule has 1 aromatic rings. The largest absolute Gasteiger partial charge is 0.465 e. The monoisotopic (exact) mass is 271 g/mol. The number of rotatable bonds is 2. The van der Waals surface area contributed by atoms with Crippen LogP contribution in [0, 0.1) is 0 Å². The Morgan fingerprint density at radius 1 is 1.60 bits per heavy atom. The lowest BCUT2D eigenvalue weighted by Gasteiger charge is -2.04. The standard InChI is InChI=1S/C10H10BrNO3/c1-15-10(14)6-4-12-8(5-2-3-5)7(11)9(6)13/h4-5H,2-3H2,1H3,(H,12,13). The van der Waals surface area contributed by atoms with E-state index in [0.29, 0.717) is 10.4 Å². The normalized spacial score (nSPS) is 15.1. The highest BCUT2D eigenvalue weighted by atomic mass is 79.9. The molecule has 5 heteroatoms. The summed E-state index contributed by atoms with van der Waals surface area (Å²) >= 11 is 3.22. The molecule has 0 saturated heterocycles. The molecule has 4 nitrogen and oxygen atoms in total. The summed E-state index contributed by atoms with van der Waals surface area (Å²) in [7, 11) is 1.25. The molecule has 0 aromatic carbocycles. The van der Waals surface area contributed by atoms with E-state index in [0.717, 1.165) is 18.5 Å². The number of halogens is 1. The van der Waals surface area contributed by atoms with Gasteiger partial charge in [0.2, 0.25) is 5.43 Å². The molecule has 0 radical (unpaired) electrons. The maximum atomic E-state index is 11.8. The minimum absolute atomic E-state index is 0.0359. The first-order chi connectivity index (χ1) is 7.15. The molecular formula is C10H10BrNO3. The van der Waals surface area contributed by atoms with Gasteiger partial charge in [0, 0.05) is 17.8 Å². The van der Waals surface area contributed by atoms with E-state index in [2.05, 4.69) is 25.7 Å². The van der Waals surface area contributed by atoms with Gasteiger partial charge in [-0.3, -0.25) is 4.79 Å². The van der Waals surface area contributed by atoms with Crippen LogP contribution in [0.15, 0.2) is 15.5 Å². The number of esters is 1. The van der Waals surface area contributed by atoms with Crippen LogP contribution in [-0.4, -0.2) is 18.1 Å². The van der Waals surface area contributed by atoms with Crippen molar-refractivity contribution in [3.63, 3.8) is 0 Å². The molecule has 2 rings (SSSR count). The summed E-state index contributed by atoms with van der Waals surface area (Å²) in [5, 5.41) is 0. The third-order valence-corrected chi connectivity index (χ3v) is 3.23. The van der Waals surface area contributed by atoms with Crippen LogP contribution in [0.2, 0.25) is 0 Å². The zero-order valence-corrected chi connectivity index (χ0v) is 9.76. The molecular weight excluding hydrogens is 262 g/mol. The molecule has 1 aliphatic carbocycles. The average Bonchev–Trinajstić information content (AvgIpc) is 3.04. The Labute approximate surface area is 94.8 Å². The first-order valence-electron chi connectivity index (χ1n) is 4.64. The summed E-state index contributed by atoms with van der Waals surface area (Å²) < 4.78 is 4.96. The number of ether oxygens (including phenoxy) is 1. The van der Waals surface area contributed by atoms with Gasteiger partial charge in [0.15, 0.2) is 0 Å². The molecule has 0 amide bonds. The molecule has 80 valence electrons. The van der Waals surface area contributed by atoms with Crippen LogP contribution in [0.5, 0.6) is 0 Å². The lowest BCUT2D eigenvalue weighted by molar-refractivity contribution is 0.0598. The molecule has 0 atom stereocenters. The van der Waals surface area contributed by atoms with Gasteiger partial charge < -0.3 is 9.72 Å². The van der Waals surface area contributed by atoms with E-state index in [9.17, 15) is 9.59 Å². The number of aromatic amines is 1. The van der Waals surface area contributed by atoms with E-state index >= 15 is 0 Å². The quantitative estimate of drug-likeness (QED) is 0.835. The maximum absolute atomic E-state index is 11.8. The van der Waals surface area contributed by atoms with E-state index < -0.39 is 5.97 Å². The zero-order chi connectivity index (χ0) is 11.0. The van der Waals surface area contributed by atoms with Crippen molar-refractivity contribution in [2.75, 3.05) is 7.11 Å². The van der Waals surface area contributed by atoms with Crippen LogP contribution < -0.4 is 5.43 Å². The van der Waals surface area contributed by atoms with E-state index in [-0.39, 0.29) is 11.0 Å². The number of hydrogen-bond acceptors (Lipinski definition) is 3. The maximum Gasteiger partial charge on any atom is 0.343 e. The Morgan fingerprint density at radius 2 is 2.27 bits per heavy atom. The molecule has 0 unspecified atom stereocenters. The number of pyridine rings is 1. The topological polar surface area (TPSA) is 59.2 Å². The van der Waals surface area contributed by atoms with Crippen molar-refractivity contribution in [2.24, 2.45) is 0 Å². The van der Waals surface area contributed by atoms with Gasteiger partial charge in [0.25, 0.3) is 0 Å². The predicted octanol–water partition coefficient (Wildman–Crippen LogP) is 1.80. The van der Waals surface area contributed by atoms with Gasteiger partial charge in [0.1, 0.15) is 5.56 Å². The second-order valence-electron chi connectivity index (χ2n) is 3.52. The van der Waals surface area contributed by atoms with Crippen molar-refractivity contribution in [1.29, 1.82) is 0 Å². The Hall–Kier alpha value is -1.10. The van der Waals surface area contributed by atoms with Gasteiger partial charge in [-0.2, -0.15) is 0 Å².